The Bertz CT molecular complexity index is 782. The lowest BCUT2D eigenvalue weighted by Crippen LogP contribution is -2.64. The van der Waals surface area contributed by atoms with E-state index in [1.165, 1.54) is 7.11 Å². The molecule has 4 aliphatic rings. The Morgan fingerprint density at radius 1 is 1.33 bits per heavy atom. The first kappa shape index (κ1) is 18.7. The molecule has 3 fully saturated rings. The zero-order chi connectivity index (χ0) is 19.8. The summed E-state index contributed by atoms with van der Waals surface area (Å²) in [6, 6.07) is 0. The van der Waals surface area contributed by atoms with Crippen molar-refractivity contribution in [2.45, 2.75) is 77.5 Å². The Morgan fingerprint density at radius 2 is 2.04 bits per heavy atom. The number of fused-ring (bicyclic) bond motifs is 1. The van der Waals surface area contributed by atoms with Gasteiger partial charge in [0, 0.05) is 23.7 Å². The third-order valence-electron chi connectivity index (χ3n) is 7.60. The van der Waals surface area contributed by atoms with Crippen molar-refractivity contribution >= 4 is 11.9 Å². The summed E-state index contributed by atoms with van der Waals surface area (Å²) in [4.78, 5) is 25.2. The molecule has 1 spiro atoms. The van der Waals surface area contributed by atoms with E-state index >= 15 is 0 Å². The Labute approximate surface area is 159 Å². The Balaban J connectivity index is 1.89. The van der Waals surface area contributed by atoms with Crippen LogP contribution in [-0.2, 0) is 28.5 Å². The molecule has 0 radical (unpaired) electrons. The van der Waals surface area contributed by atoms with E-state index in [4.69, 9.17) is 18.9 Å². The number of hydrogen-bond acceptors (Lipinski definition) is 6. The van der Waals surface area contributed by atoms with Crippen LogP contribution in [0.1, 0.15) is 53.9 Å². The van der Waals surface area contributed by atoms with Crippen LogP contribution < -0.4 is 0 Å². The van der Waals surface area contributed by atoms with Crippen LogP contribution in [0, 0.1) is 11.3 Å². The largest absolute Gasteiger partial charge is 0.453 e. The van der Waals surface area contributed by atoms with Crippen LogP contribution in [-0.4, -0.2) is 42.6 Å². The normalized spacial score (nSPS) is 45.6. The molecule has 148 valence electrons. The highest BCUT2D eigenvalue weighted by atomic mass is 16.7. The maximum Gasteiger partial charge on any atom is 0.336 e. The van der Waals surface area contributed by atoms with E-state index < -0.39 is 28.9 Å². The van der Waals surface area contributed by atoms with Gasteiger partial charge in [-0.05, 0) is 39.5 Å². The van der Waals surface area contributed by atoms with Gasteiger partial charge in [0.05, 0.1) is 18.1 Å². The van der Waals surface area contributed by atoms with Gasteiger partial charge in [-0.3, -0.25) is 0 Å². The highest BCUT2D eigenvalue weighted by molar-refractivity contribution is 5.93. The van der Waals surface area contributed by atoms with Gasteiger partial charge in [-0.15, -0.1) is 0 Å². The maximum absolute atomic E-state index is 12.7. The predicted octanol–water partition coefficient (Wildman–Crippen LogP) is 3.06. The molecule has 6 nitrogen and oxygen atoms in total. The molecule has 4 rings (SSSR count). The van der Waals surface area contributed by atoms with Gasteiger partial charge in [0.25, 0.3) is 0 Å². The van der Waals surface area contributed by atoms with Crippen molar-refractivity contribution in [3.05, 3.63) is 22.8 Å². The molecule has 0 aromatic carbocycles. The number of methoxy groups -OCH3 is 1. The summed E-state index contributed by atoms with van der Waals surface area (Å²) >= 11 is 0. The number of epoxide rings is 1. The molecule has 6 atom stereocenters. The predicted molar refractivity (Wildman–Crippen MR) is 96.6 cm³/mol. The van der Waals surface area contributed by atoms with E-state index in [0.29, 0.717) is 23.1 Å². The molecule has 2 saturated carbocycles. The van der Waals surface area contributed by atoms with Crippen LogP contribution in [0.25, 0.3) is 0 Å². The van der Waals surface area contributed by atoms with E-state index in [0.717, 1.165) is 12.8 Å². The summed E-state index contributed by atoms with van der Waals surface area (Å²) < 4.78 is 23.8. The van der Waals surface area contributed by atoms with Gasteiger partial charge < -0.3 is 18.9 Å². The molecular weight excluding hydrogens is 348 g/mol. The number of rotatable bonds is 3. The minimum absolute atomic E-state index is 0.0795. The van der Waals surface area contributed by atoms with E-state index in [1.54, 1.807) is 26.8 Å². The van der Waals surface area contributed by atoms with Gasteiger partial charge in [0.1, 0.15) is 11.7 Å². The summed E-state index contributed by atoms with van der Waals surface area (Å²) in [5.74, 6) is -1.77. The third-order valence-corrected chi connectivity index (χ3v) is 7.60. The van der Waals surface area contributed by atoms with Crippen LogP contribution in [0.2, 0.25) is 0 Å². The van der Waals surface area contributed by atoms with Crippen LogP contribution in [0.15, 0.2) is 22.8 Å². The van der Waals surface area contributed by atoms with Crippen LogP contribution in [0.3, 0.4) is 0 Å². The molecule has 2 aliphatic carbocycles. The maximum atomic E-state index is 12.7. The van der Waals surface area contributed by atoms with Gasteiger partial charge in [0.2, 0.25) is 5.79 Å². The second kappa shape index (κ2) is 5.67. The molecule has 0 unspecified atom stereocenters. The zero-order valence-corrected chi connectivity index (χ0v) is 16.9. The highest BCUT2D eigenvalue weighted by Gasteiger charge is 2.81. The van der Waals surface area contributed by atoms with Crippen molar-refractivity contribution in [1.82, 2.24) is 0 Å². The fourth-order valence-electron chi connectivity index (χ4n) is 5.50. The monoisotopic (exact) mass is 376 g/mol. The Hall–Kier alpha value is -1.66. The van der Waals surface area contributed by atoms with Crippen molar-refractivity contribution in [2.75, 3.05) is 7.11 Å². The van der Waals surface area contributed by atoms with Crippen molar-refractivity contribution < 1.29 is 28.5 Å². The first-order valence-electron chi connectivity index (χ1n) is 9.68. The second-order valence-corrected chi connectivity index (χ2v) is 8.58. The number of esters is 2. The first-order chi connectivity index (χ1) is 12.7. The fraction of sp³-hybridized carbons (Fsp3) is 0.714. The lowest BCUT2D eigenvalue weighted by atomic mass is 9.51. The molecule has 1 saturated heterocycles. The van der Waals surface area contributed by atoms with Crippen molar-refractivity contribution in [1.29, 1.82) is 0 Å². The zero-order valence-electron chi connectivity index (χ0n) is 16.9. The Morgan fingerprint density at radius 3 is 2.67 bits per heavy atom. The lowest BCUT2D eigenvalue weighted by molar-refractivity contribution is -0.236. The number of allylic oxidation sites excluding steroid dienone is 1. The van der Waals surface area contributed by atoms with Gasteiger partial charge >= 0.3 is 11.9 Å². The molecule has 2 heterocycles. The molecule has 0 aromatic rings. The van der Waals surface area contributed by atoms with E-state index in [9.17, 15) is 9.59 Å². The van der Waals surface area contributed by atoms with E-state index in [2.05, 4.69) is 13.8 Å². The molecule has 27 heavy (non-hydrogen) atoms. The summed E-state index contributed by atoms with van der Waals surface area (Å²) in [6.45, 7) is 9.56. The second-order valence-electron chi connectivity index (χ2n) is 8.58. The highest BCUT2D eigenvalue weighted by Crippen LogP contribution is 2.71. The first-order valence-corrected chi connectivity index (χ1v) is 9.68. The van der Waals surface area contributed by atoms with Crippen molar-refractivity contribution in [2.24, 2.45) is 11.3 Å². The molecule has 2 aliphatic heterocycles. The number of carbonyl (C=O) groups is 2. The number of carbonyl (C=O) groups excluding carboxylic acids is 2. The number of ether oxygens (including phenoxy) is 4. The summed E-state index contributed by atoms with van der Waals surface area (Å²) in [5, 5.41) is 0. The molecular formula is C21H28O6. The molecule has 6 heteroatoms. The molecule has 0 bridgehead atoms. The summed E-state index contributed by atoms with van der Waals surface area (Å²) in [7, 11) is 1.53. The van der Waals surface area contributed by atoms with Crippen molar-refractivity contribution in [3.63, 3.8) is 0 Å². The minimum Gasteiger partial charge on any atom is -0.453 e. The van der Waals surface area contributed by atoms with Gasteiger partial charge in [-0.2, -0.15) is 0 Å². The van der Waals surface area contributed by atoms with Crippen LogP contribution in [0.4, 0.5) is 0 Å². The third kappa shape index (κ3) is 2.14. The number of hydrogen-bond donors (Lipinski definition) is 0. The molecule has 0 amide bonds. The minimum atomic E-state index is -1.22. The topological polar surface area (TPSA) is 74.4 Å². The summed E-state index contributed by atoms with van der Waals surface area (Å²) in [5.41, 5.74) is 0.680. The van der Waals surface area contributed by atoms with Gasteiger partial charge in [-0.25, -0.2) is 9.59 Å². The lowest BCUT2D eigenvalue weighted by Gasteiger charge is -2.55. The molecule has 0 N–H and O–H groups in total. The SMILES string of the molecule is C/C=C(/C)C(=O)O[C@@H]1C2=C(C)C(=O)O[C@@]2(OC)C[C@@]23O[C@@H]2CC[C@H](C)[C@@]13C. The van der Waals surface area contributed by atoms with Crippen LogP contribution in [0.5, 0.6) is 0 Å². The van der Waals surface area contributed by atoms with Gasteiger partial charge in [0.15, 0.2) is 0 Å². The average molecular weight is 376 g/mol. The molecule has 0 aromatic heterocycles. The van der Waals surface area contributed by atoms with Crippen LogP contribution >= 0.6 is 0 Å². The fourth-order valence-corrected chi connectivity index (χ4v) is 5.50. The van der Waals surface area contributed by atoms with Crippen molar-refractivity contribution in [3.8, 4) is 0 Å². The quantitative estimate of drug-likeness (QED) is 0.428. The average Bonchev–Trinajstić information content (AvgIpc) is 3.30. The van der Waals surface area contributed by atoms with E-state index in [-0.39, 0.29) is 18.0 Å². The van der Waals surface area contributed by atoms with Gasteiger partial charge in [-0.1, -0.05) is 19.9 Å². The summed E-state index contributed by atoms with van der Waals surface area (Å²) in [6.07, 6.45) is 3.55. The smallest absolute Gasteiger partial charge is 0.336 e. The standard InChI is InChI=1S/C21H28O6/c1-7-11(2)17(22)25-16-15-13(4)18(23)27-21(15,24-6)10-20-14(26-20)9-8-12(3)19(16,20)5/h7,12,14,16H,8-10H2,1-6H3/b11-7-/t12-,14+,16+,19-,20+,21-/m0/s1. The van der Waals surface area contributed by atoms with E-state index in [1.807, 2.05) is 0 Å². The Kier molecular flexibility index (Phi) is 3.93.